The maximum atomic E-state index is 12.1. The van der Waals surface area contributed by atoms with E-state index in [1.54, 1.807) is 18.2 Å². The minimum atomic E-state index is -0.855. The number of ether oxygens (including phenoxy) is 1. The number of rotatable bonds is 0. The molecule has 0 radical (unpaired) electrons. The Morgan fingerprint density at radius 1 is 1.24 bits per heavy atom. The first-order valence-electron chi connectivity index (χ1n) is 5.30. The van der Waals surface area contributed by atoms with Crippen molar-refractivity contribution in [3.63, 3.8) is 0 Å². The van der Waals surface area contributed by atoms with Crippen LogP contribution in [-0.2, 0) is 15.0 Å². The van der Waals surface area contributed by atoms with Crippen LogP contribution < -0.4 is 4.74 Å². The first-order chi connectivity index (χ1) is 8.12. The van der Waals surface area contributed by atoms with Crippen LogP contribution in [0.15, 0.2) is 30.4 Å². The summed E-state index contributed by atoms with van der Waals surface area (Å²) in [4.78, 5) is 23.6. The molecule has 2 aliphatic rings. The van der Waals surface area contributed by atoms with E-state index < -0.39 is 5.41 Å². The summed E-state index contributed by atoms with van der Waals surface area (Å²) in [6.45, 7) is 0.220. The van der Waals surface area contributed by atoms with E-state index in [2.05, 4.69) is 0 Å². The van der Waals surface area contributed by atoms with E-state index in [-0.39, 0.29) is 24.6 Å². The normalized spacial score (nSPS) is 26.2. The smallest absolute Gasteiger partial charge is 0.170 e. The lowest BCUT2D eigenvalue weighted by Gasteiger charge is -2.26. The highest BCUT2D eigenvalue weighted by molar-refractivity contribution is 6.30. The van der Waals surface area contributed by atoms with Crippen molar-refractivity contribution in [3.05, 3.63) is 40.9 Å². The fourth-order valence-electron chi connectivity index (χ4n) is 2.40. The maximum absolute atomic E-state index is 12.1. The summed E-state index contributed by atoms with van der Waals surface area (Å²) in [6.07, 6.45) is 2.83. The number of hydrogen-bond acceptors (Lipinski definition) is 3. The Kier molecular flexibility index (Phi) is 2.13. The number of ketones is 2. The highest BCUT2D eigenvalue weighted by Crippen LogP contribution is 2.44. The molecule has 1 unspecified atom stereocenters. The summed E-state index contributed by atoms with van der Waals surface area (Å²) >= 11 is 5.94. The van der Waals surface area contributed by atoms with E-state index in [0.717, 1.165) is 5.56 Å². The van der Waals surface area contributed by atoms with Gasteiger partial charge in [-0.15, -0.1) is 0 Å². The van der Waals surface area contributed by atoms with Gasteiger partial charge in [-0.2, -0.15) is 0 Å². The SMILES string of the molecule is O=C1C=CC(=O)C2(COc3ccc(Cl)cc32)C1. The van der Waals surface area contributed by atoms with Crippen LogP contribution >= 0.6 is 11.6 Å². The molecule has 1 aromatic rings. The Hall–Kier alpha value is -1.61. The van der Waals surface area contributed by atoms with E-state index in [1.807, 2.05) is 0 Å². The Balaban J connectivity index is 2.19. The Bertz CT molecular complexity index is 562. The van der Waals surface area contributed by atoms with Gasteiger partial charge in [0.15, 0.2) is 11.6 Å². The predicted molar refractivity (Wildman–Crippen MR) is 62.4 cm³/mol. The van der Waals surface area contributed by atoms with Gasteiger partial charge in [-0.05, 0) is 30.4 Å². The molecule has 0 aromatic heterocycles. The van der Waals surface area contributed by atoms with Crippen molar-refractivity contribution in [2.45, 2.75) is 11.8 Å². The van der Waals surface area contributed by atoms with Gasteiger partial charge in [-0.25, -0.2) is 0 Å². The fraction of sp³-hybridized carbons (Fsp3) is 0.231. The number of halogens is 1. The minimum Gasteiger partial charge on any atom is -0.492 e. The van der Waals surface area contributed by atoms with Crippen molar-refractivity contribution in [2.24, 2.45) is 0 Å². The summed E-state index contributed by atoms with van der Waals surface area (Å²) in [6, 6.07) is 5.17. The van der Waals surface area contributed by atoms with Gasteiger partial charge < -0.3 is 4.74 Å². The van der Waals surface area contributed by atoms with Crippen LogP contribution in [0.5, 0.6) is 5.75 Å². The van der Waals surface area contributed by atoms with Gasteiger partial charge >= 0.3 is 0 Å². The predicted octanol–water partition coefficient (Wildman–Crippen LogP) is 2.07. The number of fused-ring (bicyclic) bond motifs is 2. The van der Waals surface area contributed by atoms with Crippen LogP contribution in [0.3, 0.4) is 0 Å². The number of benzene rings is 1. The van der Waals surface area contributed by atoms with Gasteiger partial charge in [0.1, 0.15) is 17.8 Å². The number of carbonyl (C=O) groups is 2. The highest BCUT2D eigenvalue weighted by Gasteiger charge is 2.48. The first kappa shape index (κ1) is 10.5. The molecule has 0 saturated heterocycles. The van der Waals surface area contributed by atoms with Crippen molar-refractivity contribution in [3.8, 4) is 5.75 Å². The second-order valence-corrected chi connectivity index (χ2v) is 4.79. The third kappa shape index (κ3) is 1.42. The summed E-state index contributed by atoms with van der Waals surface area (Å²) in [5, 5.41) is 0.545. The van der Waals surface area contributed by atoms with Crippen molar-refractivity contribution in [1.82, 2.24) is 0 Å². The molecule has 0 bridgehead atoms. The molecule has 86 valence electrons. The van der Waals surface area contributed by atoms with E-state index in [4.69, 9.17) is 16.3 Å². The molecule has 1 aromatic carbocycles. The molecular formula is C13H9ClO3. The highest BCUT2D eigenvalue weighted by atomic mass is 35.5. The topological polar surface area (TPSA) is 43.4 Å². The van der Waals surface area contributed by atoms with Gasteiger partial charge in [0.2, 0.25) is 0 Å². The van der Waals surface area contributed by atoms with Crippen LogP contribution in [0.2, 0.25) is 5.02 Å². The number of carbonyl (C=O) groups excluding carboxylic acids is 2. The van der Waals surface area contributed by atoms with Gasteiger partial charge in [0, 0.05) is 17.0 Å². The standard InChI is InChI=1S/C13H9ClO3/c14-8-1-3-11-10(5-8)13(7-17-11)6-9(15)2-4-12(13)16/h1-5H,6-7H2. The van der Waals surface area contributed by atoms with E-state index >= 15 is 0 Å². The maximum Gasteiger partial charge on any atom is 0.170 e. The average Bonchev–Trinajstić information content (AvgIpc) is 2.64. The molecule has 17 heavy (non-hydrogen) atoms. The zero-order valence-corrected chi connectivity index (χ0v) is 9.66. The van der Waals surface area contributed by atoms with Crippen molar-refractivity contribution < 1.29 is 14.3 Å². The zero-order chi connectivity index (χ0) is 12.0. The molecule has 3 nitrogen and oxygen atoms in total. The lowest BCUT2D eigenvalue weighted by Crippen LogP contribution is -2.40. The van der Waals surface area contributed by atoms with Crippen molar-refractivity contribution in [1.29, 1.82) is 0 Å². The van der Waals surface area contributed by atoms with Crippen LogP contribution in [0.4, 0.5) is 0 Å². The van der Waals surface area contributed by atoms with Crippen LogP contribution in [0.25, 0.3) is 0 Å². The first-order valence-corrected chi connectivity index (χ1v) is 5.68. The van der Waals surface area contributed by atoms with E-state index in [0.29, 0.717) is 10.8 Å². The molecule has 1 atom stereocenters. The molecule has 0 amide bonds. The molecule has 0 N–H and O–H groups in total. The largest absolute Gasteiger partial charge is 0.492 e. The summed E-state index contributed by atoms with van der Waals surface area (Å²) in [5.74, 6) is 0.505. The second-order valence-electron chi connectivity index (χ2n) is 4.35. The van der Waals surface area contributed by atoms with Crippen LogP contribution in [-0.4, -0.2) is 18.2 Å². The van der Waals surface area contributed by atoms with Gasteiger partial charge in [0.05, 0.1) is 0 Å². The zero-order valence-electron chi connectivity index (χ0n) is 8.90. The average molecular weight is 249 g/mol. The molecule has 4 heteroatoms. The molecule has 0 saturated carbocycles. The monoisotopic (exact) mass is 248 g/mol. The number of hydrogen-bond donors (Lipinski definition) is 0. The van der Waals surface area contributed by atoms with Crippen molar-refractivity contribution in [2.75, 3.05) is 6.61 Å². The van der Waals surface area contributed by atoms with Gasteiger partial charge in [-0.3, -0.25) is 9.59 Å². The molecule has 1 heterocycles. The molecular weight excluding hydrogens is 240 g/mol. The van der Waals surface area contributed by atoms with E-state index in [1.165, 1.54) is 12.2 Å². The Labute approximate surface area is 103 Å². The third-order valence-electron chi connectivity index (χ3n) is 3.30. The lowest BCUT2D eigenvalue weighted by atomic mass is 9.72. The summed E-state index contributed by atoms with van der Waals surface area (Å²) < 4.78 is 5.50. The second kappa shape index (κ2) is 3.44. The van der Waals surface area contributed by atoms with Crippen LogP contribution in [0.1, 0.15) is 12.0 Å². The minimum absolute atomic E-state index is 0.0546. The summed E-state index contributed by atoms with van der Waals surface area (Å²) in [7, 11) is 0. The summed E-state index contributed by atoms with van der Waals surface area (Å²) in [5.41, 5.74) is -0.126. The molecule has 1 spiro atoms. The number of allylic oxidation sites excluding steroid dienone is 2. The van der Waals surface area contributed by atoms with Gasteiger partial charge in [0.25, 0.3) is 0 Å². The van der Waals surface area contributed by atoms with Crippen molar-refractivity contribution >= 4 is 23.2 Å². The van der Waals surface area contributed by atoms with Gasteiger partial charge in [-0.1, -0.05) is 11.6 Å². The molecule has 0 fully saturated rings. The third-order valence-corrected chi connectivity index (χ3v) is 3.53. The molecule has 1 aliphatic heterocycles. The molecule has 3 rings (SSSR count). The quantitative estimate of drug-likeness (QED) is 0.706. The molecule has 1 aliphatic carbocycles. The Morgan fingerprint density at radius 2 is 2.06 bits per heavy atom. The van der Waals surface area contributed by atoms with E-state index in [9.17, 15) is 9.59 Å². The van der Waals surface area contributed by atoms with Crippen LogP contribution in [0, 0.1) is 0 Å². The lowest BCUT2D eigenvalue weighted by molar-refractivity contribution is -0.126. The fourth-order valence-corrected chi connectivity index (χ4v) is 2.57. The Morgan fingerprint density at radius 3 is 2.88 bits per heavy atom.